The van der Waals surface area contributed by atoms with Gasteiger partial charge >= 0.3 is 0 Å². The molecule has 0 saturated heterocycles. The van der Waals surface area contributed by atoms with E-state index in [9.17, 15) is 15.0 Å². The predicted molar refractivity (Wildman–Crippen MR) is 115 cm³/mol. The van der Waals surface area contributed by atoms with Gasteiger partial charge in [0.25, 0.3) is 0 Å². The summed E-state index contributed by atoms with van der Waals surface area (Å²) in [5, 5.41) is 22.1. The summed E-state index contributed by atoms with van der Waals surface area (Å²) in [5.74, 6) is 1.91. The normalized spacial score (nSPS) is 45.2. The van der Waals surface area contributed by atoms with Gasteiger partial charge in [-0.15, -0.1) is 0 Å². The first-order chi connectivity index (χ1) is 14.3. The Hall–Kier alpha value is -1.65. The number of fused-ring (bicyclic) bond motifs is 5. The maximum absolute atomic E-state index is 13.1. The second kappa shape index (κ2) is 6.93. The third-order valence-electron chi connectivity index (χ3n) is 9.44. The number of benzene rings is 1. The first kappa shape index (κ1) is 20.3. The molecule has 1 unspecified atom stereocenters. The van der Waals surface area contributed by atoms with Gasteiger partial charge in [-0.1, -0.05) is 30.7 Å². The highest BCUT2D eigenvalue weighted by atomic mass is 16.5. The number of aliphatic hydroxyl groups is 2. The van der Waals surface area contributed by atoms with E-state index in [1.807, 2.05) is 19.1 Å². The highest BCUT2D eigenvalue weighted by molar-refractivity contribution is 5.88. The number of carbonyl (C=O) groups excluding carboxylic acids is 1. The van der Waals surface area contributed by atoms with Gasteiger partial charge < -0.3 is 14.9 Å². The first-order valence-electron chi connectivity index (χ1n) is 11.5. The standard InChI is InChI=1S/C26H34O4/c1-25-13-12-17(27)14-16(25)6-9-19-20-10-11-21(28)26(20,2)24(29)22(23(19)25)15-4-7-18(30-3)8-5-15/h4-5,7-8,14,17,19-20,22-24,27,29H,6,9-13H2,1-3H3/t17?,19-,20-,22+,23+,24-,25-,26-/m0/s1. The molecular weight excluding hydrogens is 376 g/mol. The van der Waals surface area contributed by atoms with Gasteiger partial charge in [0.05, 0.1) is 24.7 Å². The van der Waals surface area contributed by atoms with Gasteiger partial charge in [-0.3, -0.25) is 4.79 Å². The maximum atomic E-state index is 13.1. The monoisotopic (exact) mass is 410 g/mol. The molecule has 3 fully saturated rings. The molecule has 1 aromatic carbocycles. The van der Waals surface area contributed by atoms with E-state index >= 15 is 0 Å². The fourth-order valence-corrected chi connectivity index (χ4v) is 7.84. The SMILES string of the molecule is COc1ccc([C@@H]2[C@H]3[C@@H](CCC4=CC(O)CC[C@@]43C)[C@@H]3CCC(=O)[C@@]3(C)[C@H]2O)cc1. The summed E-state index contributed by atoms with van der Waals surface area (Å²) < 4.78 is 5.36. The lowest BCUT2D eigenvalue weighted by Crippen LogP contribution is -2.60. The zero-order valence-electron chi connectivity index (χ0n) is 18.3. The Balaban J connectivity index is 1.67. The van der Waals surface area contributed by atoms with E-state index in [1.165, 1.54) is 5.57 Å². The van der Waals surface area contributed by atoms with Gasteiger partial charge in [0.1, 0.15) is 11.5 Å². The van der Waals surface area contributed by atoms with Crippen molar-refractivity contribution in [2.75, 3.05) is 7.11 Å². The average Bonchev–Trinajstić information content (AvgIpc) is 3.05. The van der Waals surface area contributed by atoms with Crippen LogP contribution in [0.15, 0.2) is 35.9 Å². The molecule has 4 aliphatic carbocycles. The molecule has 8 atom stereocenters. The Morgan fingerprint density at radius 2 is 1.77 bits per heavy atom. The molecular formula is C26H34O4. The van der Waals surface area contributed by atoms with Crippen LogP contribution in [0.2, 0.25) is 0 Å². The molecule has 0 heterocycles. The first-order valence-corrected chi connectivity index (χ1v) is 11.5. The highest BCUT2D eigenvalue weighted by Crippen LogP contribution is 2.68. The summed E-state index contributed by atoms with van der Waals surface area (Å²) in [7, 11) is 1.66. The Bertz CT molecular complexity index is 874. The van der Waals surface area contributed by atoms with Crippen molar-refractivity contribution in [2.45, 2.75) is 70.5 Å². The summed E-state index contributed by atoms with van der Waals surface area (Å²) >= 11 is 0. The molecule has 2 N–H and O–H groups in total. The summed E-state index contributed by atoms with van der Waals surface area (Å²) in [6.45, 7) is 4.38. The number of hydrogen-bond donors (Lipinski definition) is 2. The highest BCUT2D eigenvalue weighted by Gasteiger charge is 2.66. The fourth-order valence-electron chi connectivity index (χ4n) is 7.84. The van der Waals surface area contributed by atoms with Gasteiger partial charge in [-0.25, -0.2) is 0 Å². The van der Waals surface area contributed by atoms with Crippen LogP contribution in [-0.2, 0) is 4.79 Å². The van der Waals surface area contributed by atoms with Crippen LogP contribution in [0.25, 0.3) is 0 Å². The molecule has 4 heteroatoms. The number of allylic oxidation sites excluding steroid dienone is 1. The van der Waals surface area contributed by atoms with Crippen molar-refractivity contribution in [1.82, 2.24) is 0 Å². The zero-order valence-corrected chi connectivity index (χ0v) is 18.3. The summed E-state index contributed by atoms with van der Waals surface area (Å²) in [6.07, 6.45) is 6.31. The Morgan fingerprint density at radius 1 is 1.03 bits per heavy atom. The number of hydrogen-bond acceptors (Lipinski definition) is 4. The zero-order chi connectivity index (χ0) is 21.3. The molecule has 4 nitrogen and oxygen atoms in total. The lowest BCUT2D eigenvalue weighted by atomic mass is 9.43. The average molecular weight is 411 g/mol. The molecule has 5 rings (SSSR count). The minimum Gasteiger partial charge on any atom is -0.497 e. The Morgan fingerprint density at radius 3 is 2.47 bits per heavy atom. The van der Waals surface area contributed by atoms with Gasteiger partial charge in [-0.2, -0.15) is 0 Å². The van der Waals surface area contributed by atoms with Crippen molar-refractivity contribution in [3.05, 3.63) is 41.5 Å². The minimum atomic E-state index is -0.685. The molecule has 1 aromatic rings. The molecule has 0 aliphatic heterocycles. The third-order valence-corrected chi connectivity index (χ3v) is 9.44. The van der Waals surface area contributed by atoms with Crippen LogP contribution in [0.5, 0.6) is 5.75 Å². The van der Waals surface area contributed by atoms with Crippen molar-refractivity contribution >= 4 is 5.78 Å². The molecule has 162 valence electrons. The van der Waals surface area contributed by atoms with Crippen molar-refractivity contribution in [2.24, 2.45) is 28.6 Å². The van der Waals surface area contributed by atoms with Crippen molar-refractivity contribution in [3.63, 3.8) is 0 Å². The maximum Gasteiger partial charge on any atom is 0.141 e. The molecule has 3 saturated carbocycles. The van der Waals surface area contributed by atoms with Crippen molar-refractivity contribution < 1.29 is 19.7 Å². The van der Waals surface area contributed by atoms with Crippen molar-refractivity contribution in [3.8, 4) is 5.75 Å². The van der Waals surface area contributed by atoms with Gasteiger partial charge in [-0.05, 0) is 79.9 Å². The second-order valence-electron chi connectivity index (χ2n) is 10.5. The number of rotatable bonds is 2. The Kier molecular flexibility index (Phi) is 4.68. The molecule has 0 radical (unpaired) electrons. The molecule has 0 bridgehead atoms. The quantitative estimate of drug-likeness (QED) is 0.715. The smallest absolute Gasteiger partial charge is 0.141 e. The molecule has 0 spiro atoms. The lowest BCUT2D eigenvalue weighted by Gasteiger charge is -2.62. The van der Waals surface area contributed by atoms with E-state index in [1.54, 1.807) is 7.11 Å². The topological polar surface area (TPSA) is 66.8 Å². The van der Waals surface area contributed by atoms with E-state index in [-0.39, 0.29) is 35.1 Å². The van der Waals surface area contributed by atoms with Crippen LogP contribution in [0.1, 0.15) is 63.9 Å². The summed E-state index contributed by atoms with van der Waals surface area (Å²) in [5.41, 5.74) is 1.77. The van der Waals surface area contributed by atoms with Crippen LogP contribution in [0, 0.1) is 28.6 Å². The Labute approximate surface area is 179 Å². The molecule has 0 amide bonds. The van der Waals surface area contributed by atoms with Gasteiger partial charge in [0.2, 0.25) is 0 Å². The number of ketones is 1. The van der Waals surface area contributed by atoms with E-state index in [4.69, 9.17) is 4.74 Å². The fraction of sp³-hybridized carbons (Fsp3) is 0.654. The second-order valence-corrected chi connectivity index (χ2v) is 10.5. The number of ether oxygens (including phenoxy) is 1. The number of carbonyl (C=O) groups is 1. The number of aliphatic hydroxyl groups excluding tert-OH is 2. The van der Waals surface area contributed by atoms with Crippen LogP contribution < -0.4 is 4.74 Å². The van der Waals surface area contributed by atoms with Crippen molar-refractivity contribution in [1.29, 1.82) is 0 Å². The van der Waals surface area contributed by atoms with E-state index in [0.29, 0.717) is 12.3 Å². The van der Waals surface area contributed by atoms with E-state index < -0.39 is 11.5 Å². The van der Waals surface area contributed by atoms with Crippen LogP contribution >= 0.6 is 0 Å². The molecule has 30 heavy (non-hydrogen) atoms. The summed E-state index contributed by atoms with van der Waals surface area (Å²) in [6, 6.07) is 8.08. The minimum absolute atomic E-state index is 0.0410. The predicted octanol–water partition coefficient (Wildman–Crippen LogP) is 4.25. The third kappa shape index (κ3) is 2.62. The van der Waals surface area contributed by atoms with E-state index in [2.05, 4.69) is 25.1 Å². The van der Waals surface area contributed by atoms with Crippen LogP contribution in [0.3, 0.4) is 0 Å². The molecule has 4 aliphatic rings. The molecule has 0 aromatic heterocycles. The number of methoxy groups -OCH3 is 1. The van der Waals surface area contributed by atoms with Gasteiger partial charge in [0.15, 0.2) is 0 Å². The largest absolute Gasteiger partial charge is 0.497 e. The van der Waals surface area contributed by atoms with Gasteiger partial charge in [0, 0.05) is 12.3 Å². The summed E-state index contributed by atoms with van der Waals surface area (Å²) in [4.78, 5) is 13.1. The van der Waals surface area contributed by atoms with Crippen LogP contribution in [0.4, 0.5) is 0 Å². The van der Waals surface area contributed by atoms with E-state index in [0.717, 1.165) is 43.4 Å². The lowest BCUT2D eigenvalue weighted by molar-refractivity contribution is -0.157. The van der Waals surface area contributed by atoms with Crippen LogP contribution in [-0.4, -0.2) is 35.3 Å². The number of Topliss-reactive ketones (excluding diaryl/α,β-unsaturated/α-hetero) is 1.